The molecule has 2 aromatic carbocycles. The largest absolute Gasteiger partial charge is 0.444 e. The first-order valence-electron chi connectivity index (χ1n) is 21.3. The van der Waals surface area contributed by atoms with Crippen molar-refractivity contribution in [2.45, 2.75) is 87.7 Å². The van der Waals surface area contributed by atoms with Gasteiger partial charge in [-0.1, -0.05) is 42.8 Å². The van der Waals surface area contributed by atoms with E-state index in [0.717, 1.165) is 60.9 Å². The zero-order valence-corrected chi connectivity index (χ0v) is 39.6. The number of carbonyl (C=O) groups excluding carboxylic acids is 3. The quantitative estimate of drug-likeness (QED) is 0.0959. The standard InChI is InChI=1S/C27H29ClN6O3.C22H21ClN6O.CH4/c1-16-10-24(32-26(36)37-27(3,4)5)31-17(2)21(16)14-30-25(35)23-8-9-34(33-23)15-18-6-7-22-19(11-18)12-20(28)13-29-22;1-13-7-21(24)27-14(2)18(13)11-26-22(30)20-5-6-29(28-20)12-15-3-4-19-16(8-15)9-17(23)10-25-19;/h6-13H,14-15H2,1-5H3,(H,30,35)(H,31,32,36);3-10H,11-12H2,1-2H3,(H2,24,27)(H,26,30);1H4. The summed E-state index contributed by atoms with van der Waals surface area (Å²) in [6.45, 7) is 14.6. The van der Waals surface area contributed by atoms with Gasteiger partial charge in [0.1, 0.15) is 28.6 Å². The molecular formula is C50H54Cl2N12O4. The number of halogens is 2. The molecule has 5 N–H and O–H groups in total. The fraction of sp³-hybridized carbons (Fsp3) is 0.260. The molecule has 0 atom stereocenters. The highest BCUT2D eigenvalue weighted by molar-refractivity contribution is 6.31. The van der Waals surface area contributed by atoms with Gasteiger partial charge in [-0.05, 0) is 143 Å². The molecule has 6 aromatic heterocycles. The van der Waals surface area contributed by atoms with Crippen molar-refractivity contribution in [3.8, 4) is 0 Å². The van der Waals surface area contributed by atoms with E-state index < -0.39 is 11.7 Å². The highest BCUT2D eigenvalue weighted by Crippen LogP contribution is 2.22. The number of benzene rings is 2. The lowest BCUT2D eigenvalue weighted by Gasteiger charge is -2.20. The number of aryl methyl sites for hydroxylation is 4. The first-order valence-corrected chi connectivity index (χ1v) is 22.0. The first-order chi connectivity index (χ1) is 31.8. The van der Waals surface area contributed by atoms with Crippen molar-refractivity contribution < 1.29 is 19.1 Å². The number of hydrogen-bond donors (Lipinski definition) is 4. The Balaban J connectivity index is 0.000000225. The van der Waals surface area contributed by atoms with Crippen molar-refractivity contribution in [3.63, 3.8) is 0 Å². The van der Waals surface area contributed by atoms with Gasteiger partial charge in [0, 0.05) is 60.0 Å². The molecule has 352 valence electrons. The lowest BCUT2D eigenvalue weighted by molar-refractivity contribution is 0.0634. The molecule has 0 spiro atoms. The Morgan fingerprint density at radius 2 is 1.13 bits per heavy atom. The van der Waals surface area contributed by atoms with Crippen molar-refractivity contribution in [3.05, 3.63) is 164 Å². The summed E-state index contributed by atoms with van der Waals surface area (Å²) < 4.78 is 8.72. The molecule has 68 heavy (non-hydrogen) atoms. The molecule has 6 heterocycles. The number of nitrogens with one attached hydrogen (secondary N) is 3. The maximum Gasteiger partial charge on any atom is 0.413 e. The number of nitrogens with zero attached hydrogens (tertiary/aromatic N) is 8. The van der Waals surface area contributed by atoms with Crippen molar-refractivity contribution in [1.29, 1.82) is 0 Å². The topological polar surface area (TPSA) is 210 Å². The Morgan fingerprint density at radius 1 is 0.662 bits per heavy atom. The van der Waals surface area contributed by atoms with Gasteiger partial charge in [0.05, 0.1) is 34.2 Å². The number of ether oxygens (including phenoxy) is 1. The van der Waals surface area contributed by atoms with Crippen LogP contribution in [-0.4, -0.2) is 63.0 Å². The second-order valence-corrected chi connectivity index (χ2v) is 17.8. The molecule has 0 fully saturated rings. The number of aromatic nitrogens is 8. The Kier molecular flexibility index (Phi) is 15.8. The summed E-state index contributed by atoms with van der Waals surface area (Å²) in [7, 11) is 0. The van der Waals surface area contributed by atoms with Gasteiger partial charge in [-0.3, -0.25) is 34.2 Å². The Labute approximate surface area is 404 Å². The van der Waals surface area contributed by atoms with Gasteiger partial charge in [-0.15, -0.1) is 0 Å². The fourth-order valence-electron chi connectivity index (χ4n) is 7.29. The Morgan fingerprint density at radius 3 is 1.59 bits per heavy atom. The van der Waals surface area contributed by atoms with Crippen LogP contribution in [0.15, 0.2) is 97.6 Å². The van der Waals surface area contributed by atoms with E-state index in [1.54, 1.807) is 79.2 Å². The van der Waals surface area contributed by atoms with Crippen LogP contribution >= 0.6 is 23.2 Å². The molecule has 8 aromatic rings. The normalized spacial score (nSPS) is 11.1. The molecule has 0 radical (unpaired) electrons. The van der Waals surface area contributed by atoms with E-state index in [4.69, 9.17) is 33.7 Å². The predicted octanol–water partition coefficient (Wildman–Crippen LogP) is 9.71. The van der Waals surface area contributed by atoms with E-state index in [2.05, 4.69) is 46.1 Å². The molecule has 8 rings (SSSR count). The lowest BCUT2D eigenvalue weighted by Crippen LogP contribution is -2.28. The molecule has 18 heteroatoms. The van der Waals surface area contributed by atoms with E-state index in [0.29, 0.717) is 58.4 Å². The molecule has 3 amide bonds. The van der Waals surface area contributed by atoms with Crippen LogP contribution in [0.3, 0.4) is 0 Å². The monoisotopic (exact) mass is 956 g/mol. The van der Waals surface area contributed by atoms with Crippen molar-refractivity contribution >= 4 is 74.6 Å². The number of hydrogen-bond acceptors (Lipinski definition) is 11. The minimum atomic E-state index is -0.605. The van der Waals surface area contributed by atoms with Gasteiger partial charge < -0.3 is 21.1 Å². The van der Waals surface area contributed by atoms with Crippen LogP contribution in [0.5, 0.6) is 0 Å². The van der Waals surface area contributed by atoms with E-state index in [-0.39, 0.29) is 25.8 Å². The maximum absolute atomic E-state index is 12.8. The first kappa shape index (κ1) is 50.0. The molecule has 0 aliphatic carbocycles. The molecule has 0 aliphatic heterocycles. The number of amides is 3. The third-order valence-electron chi connectivity index (χ3n) is 10.5. The summed E-state index contributed by atoms with van der Waals surface area (Å²) in [6, 6.07) is 22.6. The van der Waals surface area contributed by atoms with Crippen LogP contribution in [0.1, 0.15) is 93.9 Å². The summed E-state index contributed by atoms with van der Waals surface area (Å²) in [5, 5.41) is 20.4. The average Bonchev–Trinajstić information content (AvgIpc) is 3.92. The minimum Gasteiger partial charge on any atom is -0.444 e. The number of rotatable bonds is 11. The minimum absolute atomic E-state index is 0. The van der Waals surface area contributed by atoms with Gasteiger partial charge in [-0.2, -0.15) is 10.2 Å². The highest BCUT2D eigenvalue weighted by Gasteiger charge is 2.19. The molecule has 0 aliphatic rings. The van der Waals surface area contributed by atoms with Gasteiger partial charge in [-0.25, -0.2) is 14.8 Å². The third-order valence-corrected chi connectivity index (χ3v) is 10.9. The van der Waals surface area contributed by atoms with Crippen molar-refractivity contribution in [2.75, 3.05) is 11.1 Å². The summed E-state index contributed by atoms with van der Waals surface area (Å²) in [5.74, 6) is 0.345. The van der Waals surface area contributed by atoms with Crippen molar-refractivity contribution in [1.82, 2.24) is 50.1 Å². The Bertz CT molecular complexity index is 3100. The van der Waals surface area contributed by atoms with Crippen LogP contribution in [0.4, 0.5) is 16.4 Å². The molecule has 16 nitrogen and oxygen atoms in total. The van der Waals surface area contributed by atoms with E-state index in [1.165, 1.54) is 0 Å². The van der Waals surface area contributed by atoms with Gasteiger partial charge in [0.25, 0.3) is 11.8 Å². The van der Waals surface area contributed by atoms with Crippen LogP contribution < -0.4 is 21.7 Å². The SMILES string of the molecule is C.Cc1cc(N)nc(C)c1CNC(=O)c1ccn(Cc2ccc3ncc(Cl)cc3c2)n1.Cc1cc(NC(=O)OC(C)(C)C)nc(C)c1CNC(=O)c1ccn(Cc2ccc3ncc(Cl)cc3c2)n1. The molecule has 0 saturated carbocycles. The fourth-order valence-corrected chi connectivity index (χ4v) is 7.62. The average molecular weight is 958 g/mol. The predicted molar refractivity (Wildman–Crippen MR) is 267 cm³/mol. The van der Waals surface area contributed by atoms with Crippen LogP contribution in [0.25, 0.3) is 21.8 Å². The third kappa shape index (κ3) is 13.1. The van der Waals surface area contributed by atoms with Gasteiger partial charge in [0.15, 0.2) is 0 Å². The smallest absolute Gasteiger partial charge is 0.413 e. The van der Waals surface area contributed by atoms with E-state index >= 15 is 0 Å². The molecule has 0 unspecified atom stereocenters. The van der Waals surface area contributed by atoms with Crippen LogP contribution in [0, 0.1) is 27.7 Å². The summed E-state index contributed by atoms with van der Waals surface area (Å²) in [6.07, 6.45) is 6.24. The van der Waals surface area contributed by atoms with Crippen molar-refractivity contribution in [2.24, 2.45) is 0 Å². The number of nitrogen functional groups attached to an aromatic ring is 1. The number of nitrogens with two attached hydrogens (primary N) is 1. The summed E-state index contributed by atoms with van der Waals surface area (Å²) in [5.41, 5.74) is 14.8. The van der Waals surface area contributed by atoms with Crippen LogP contribution in [-0.2, 0) is 30.9 Å². The van der Waals surface area contributed by atoms with Gasteiger partial charge in [0.2, 0.25) is 0 Å². The zero-order chi connectivity index (χ0) is 48.0. The lowest BCUT2D eigenvalue weighted by atomic mass is 10.1. The Hall–Kier alpha value is -7.43. The number of fused-ring (bicyclic) bond motifs is 2. The molecule has 0 saturated heterocycles. The summed E-state index contributed by atoms with van der Waals surface area (Å²) in [4.78, 5) is 54.6. The summed E-state index contributed by atoms with van der Waals surface area (Å²) >= 11 is 12.1. The van der Waals surface area contributed by atoms with Crippen LogP contribution in [0.2, 0.25) is 10.0 Å². The number of carbonyl (C=O) groups is 3. The zero-order valence-electron chi connectivity index (χ0n) is 38.1. The second kappa shape index (κ2) is 21.5. The number of pyridine rings is 4. The second-order valence-electron chi connectivity index (χ2n) is 17.0. The van der Waals surface area contributed by atoms with Gasteiger partial charge >= 0.3 is 6.09 Å². The molecule has 0 bridgehead atoms. The highest BCUT2D eigenvalue weighted by atomic mass is 35.5. The van der Waals surface area contributed by atoms with E-state index in [1.807, 2.05) is 76.2 Å². The van der Waals surface area contributed by atoms with E-state index in [9.17, 15) is 14.4 Å². The number of anilines is 2. The maximum atomic E-state index is 12.8. The molecular weight excluding hydrogens is 904 g/mol.